The number of aromatic nitrogens is 1. The fraction of sp³-hybridized carbons (Fsp3) is 0.0769. The average molecular weight is 308 g/mol. The van der Waals surface area contributed by atoms with Gasteiger partial charge in [-0.25, -0.2) is 4.98 Å². The van der Waals surface area contributed by atoms with Gasteiger partial charge in [0.2, 0.25) is 0 Å². The number of nitro groups is 1. The van der Waals surface area contributed by atoms with E-state index in [0.717, 1.165) is 0 Å². The number of methoxy groups -OCH3 is 1. The van der Waals surface area contributed by atoms with Gasteiger partial charge in [0.05, 0.1) is 17.6 Å². The van der Waals surface area contributed by atoms with E-state index in [1.54, 1.807) is 6.07 Å². The third-order valence-corrected chi connectivity index (χ3v) is 2.94. The first-order valence-electron chi connectivity index (χ1n) is 5.77. The van der Waals surface area contributed by atoms with Crippen LogP contribution in [-0.4, -0.2) is 22.9 Å². The van der Waals surface area contributed by atoms with E-state index in [1.165, 1.54) is 37.6 Å². The molecule has 1 heterocycles. The molecule has 1 aromatic carbocycles. The molecule has 1 aromatic heterocycles. The van der Waals surface area contributed by atoms with Crippen molar-refractivity contribution in [2.45, 2.75) is 0 Å². The van der Waals surface area contributed by atoms with Crippen LogP contribution in [0.3, 0.4) is 0 Å². The smallest absolute Gasteiger partial charge is 0.312 e. The highest BCUT2D eigenvalue weighted by Gasteiger charge is 2.17. The van der Waals surface area contributed by atoms with E-state index in [9.17, 15) is 14.9 Å². The van der Waals surface area contributed by atoms with Crippen molar-refractivity contribution in [3.63, 3.8) is 0 Å². The summed E-state index contributed by atoms with van der Waals surface area (Å²) in [6.45, 7) is 0. The highest BCUT2D eigenvalue weighted by atomic mass is 35.5. The predicted octanol–water partition coefficient (Wildman–Crippen LogP) is 2.90. The zero-order valence-electron chi connectivity index (χ0n) is 10.9. The quantitative estimate of drug-likeness (QED) is 0.532. The molecular formula is C13H10ClN3O4. The Morgan fingerprint density at radius 1 is 1.43 bits per heavy atom. The zero-order valence-corrected chi connectivity index (χ0v) is 11.6. The van der Waals surface area contributed by atoms with E-state index in [0.29, 0.717) is 0 Å². The Morgan fingerprint density at radius 3 is 2.81 bits per heavy atom. The van der Waals surface area contributed by atoms with Crippen LogP contribution in [0.4, 0.5) is 11.4 Å². The van der Waals surface area contributed by atoms with E-state index in [-0.39, 0.29) is 27.8 Å². The normalized spacial score (nSPS) is 10.0. The number of amides is 1. The van der Waals surface area contributed by atoms with Crippen LogP contribution < -0.4 is 10.1 Å². The summed E-state index contributed by atoms with van der Waals surface area (Å²) in [6.07, 6.45) is 1.46. The molecule has 0 aliphatic heterocycles. The first kappa shape index (κ1) is 14.7. The van der Waals surface area contributed by atoms with Crippen molar-refractivity contribution in [3.05, 3.63) is 57.4 Å². The van der Waals surface area contributed by atoms with Crippen LogP contribution in [0, 0.1) is 10.1 Å². The number of rotatable bonds is 4. The lowest BCUT2D eigenvalue weighted by Gasteiger charge is -2.07. The fourth-order valence-electron chi connectivity index (χ4n) is 1.66. The SMILES string of the molecule is COc1ccc(NC(=O)c2cccnc2Cl)cc1[N+](=O)[O-]. The largest absolute Gasteiger partial charge is 0.490 e. The molecule has 0 atom stereocenters. The summed E-state index contributed by atoms with van der Waals surface area (Å²) in [5, 5.41) is 13.5. The van der Waals surface area contributed by atoms with Crippen molar-refractivity contribution in [2.24, 2.45) is 0 Å². The minimum atomic E-state index is -0.592. The zero-order chi connectivity index (χ0) is 15.4. The maximum absolute atomic E-state index is 12.0. The molecule has 0 fully saturated rings. The van der Waals surface area contributed by atoms with Gasteiger partial charge in [0.15, 0.2) is 5.75 Å². The molecule has 0 radical (unpaired) electrons. The van der Waals surface area contributed by atoms with Crippen molar-refractivity contribution in [1.82, 2.24) is 4.98 Å². The average Bonchev–Trinajstić information content (AvgIpc) is 2.47. The number of benzene rings is 1. The van der Waals surface area contributed by atoms with Crippen LogP contribution in [0.5, 0.6) is 5.75 Å². The molecular weight excluding hydrogens is 298 g/mol. The van der Waals surface area contributed by atoms with Gasteiger partial charge in [0.1, 0.15) is 5.15 Å². The first-order chi connectivity index (χ1) is 10.0. The van der Waals surface area contributed by atoms with Crippen molar-refractivity contribution in [1.29, 1.82) is 0 Å². The standard InChI is InChI=1S/C13H10ClN3O4/c1-21-11-5-4-8(7-10(11)17(19)20)16-13(18)9-3-2-6-15-12(9)14/h2-7H,1H3,(H,16,18). The van der Waals surface area contributed by atoms with Gasteiger partial charge < -0.3 is 10.1 Å². The molecule has 108 valence electrons. The lowest BCUT2D eigenvalue weighted by Crippen LogP contribution is -2.13. The molecule has 0 aliphatic carbocycles. The monoisotopic (exact) mass is 307 g/mol. The number of halogens is 1. The highest BCUT2D eigenvalue weighted by molar-refractivity contribution is 6.33. The minimum Gasteiger partial charge on any atom is -0.490 e. The van der Waals surface area contributed by atoms with Crippen LogP contribution in [0.2, 0.25) is 5.15 Å². The van der Waals surface area contributed by atoms with Crippen LogP contribution >= 0.6 is 11.6 Å². The van der Waals surface area contributed by atoms with Gasteiger partial charge >= 0.3 is 5.69 Å². The number of carbonyl (C=O) groups excluding carboxylic acids is 1. The molecule has 21 heavy (non-hydrogen) atoms. The Kier molecular flexibility index (Phi) is 4.34. The van der Waals surface area contributed by atoms with Crippen LogP contribution in [0.15, 0.2) is 36.5 Å². The highest BCUT2D eigenvalue weighted by Crippen LogP contribution is 2.30. The summed E-state index contributed by atoms with van der Waals surface area (Å²) in [7, 11) is 1.33. The van der Waals surface area contributed by atoms with Crippen LogP contribution in [0.1, 0.15) is 10.4 Å². The topological polar surface area (TPSA) is 94.4 Å². The maximum atomic E-state index is 12.0. The van der Waals surface area contributed by atoms with Crippen LogP contribution in [-0.2, 0) is 0 Å². The van der Waals surface area contributed by atoms with Gasteiger partial charge in [0.25, 0.3) is 5.91 Å². The number of carbonyl (C=O) groups is 1. The van der Waals surface area contributed by atoms with Crippen molar-refractivity contribution in [3.8, 4) is 5.75 Å². The second-order valence-electron chi connectivity index (χ2n) is 3.94. The number of nitrogens with one attached hydrogen (secondary N) is 1. The molecule has 7 nitrogen and oxygen atoms in total. The Labute approximate surface area is 124 Å². The molecule has 1 N–H and O–H groups in total. The first-order valence-corrected chi connectivity index (χ1v) is 6.15. The molecule has 8 heteroatoms. The summed E-state index contributed by atoms with van der Waals surface area (Å²) in [6, 6.07) is 7.17. The van der Waals surface area contributed by atoms with Gasteiger partial charge in [-0.05, 0) is 24.3 Å². The Hall–Kier alpha value is -2.67. The number of hydrogen-bond acceptors (Lipinski definition) is 5. The third kappa shape index (κ3) is 3.26. The van der Waals surface area contributed by atoms with Gasteiger partial charge in [-0.1, -0.05) is 11.6 Å². The second kappa shape index (κ2) is 6.19. The molecule has 0 unspecified atom stereocenters. The summed E-state index contributed by atoms with van der Waals surface area (Å²) >= 11 is 5.81. The van der Waals surface area contributed by atoms with Crippen molar-refractivity contribution in [2.75, 3.05) is 12.4 Å². The molecule has 0 spiro atoms. The number of pyridine rings is 1. The van der Waals surface area contributed by atoms with Crippen molar-refractivity contribution >= 4 is 28.9 Å². The fourth-order valence-corrected chi connectivity index (χ4v) is 1.87. The molecule has 0 saturated heterocycles. The van der Waals surface area contributed by atoms with Gasteiger partial charge in [-0.3, -0.25) is 14.9 Å². The summed E-state index contributed by atoms with van der Waals surface area (Å²) < 4.78 is 4.88. The molecule has 0 saturated carbocycles. The Bertz CT molecular complexity index is 706. The number of nitro benzene ring substituents is 1. The molecule has 0 aliphatic rings. The molecule has 1 amide bonds. The van der Waals surface area contributed by atoms with Gasteiger partial charge in [-0.15, -0.1) is 0 Å². The Balaban J connectivity index is 2.28. The molecule has 2 rings (SSSR count). The Morgan fingerprint density at radius 2 is 2.19 bits per heavy atom. The third-order valence-electron chi connectivity index (χ3n) is 2.64. The lowest BCUT2D eigenvalue weighted by atomic mass is 10.2. The number of hydrogen-bond donors (Lipinski definition) is 1. The summed E-state index contributed by atoms with van der Waals surface area (Å²) in [4.78, 5) is 26.2. The van der Waals surface area contributed by atoms with Crippen molar-refractivity contribution < 1.29 is 14.5 Å². The van der Waals surface area contributed by atoms with E-state index >= 15 is 0 Å². The lowest BCUT2D eigenvalue weighted by molar-refractivity contribution is -0.385. The second-order valence-corrected chi connectivity index (χ2v) is 4.30. The molecule has 0 bridgehead atoms. The van der Waals surface area contributed by atoms with E-state index in [1.807, 2.05) is 0 Å². The number of ether oxygens (including phenoxy) is 1. The van der Waals surface area contributed by atoms with Crippen LogP contribution in [0.25, 0.3) is 0 Å². The number of anilines is 1. The summed E-state index contributed by atoms with van der Waals surface area (Å²) in [5.74, 6) is -0.398. The minimum absolute atomic E-state index is 0.0537. The van der Waals surface area contributed by atoms with Gasteiger partial charge in [0, 0.05) is 18.0 Å². The summed E-state index contributed by atoms with van der Waals surface area (Å²) in [5.41, 5.74) is 0.192. The van der Waals surface area contributed by atoms with Gasteiger partial charge in [-0.2, -0.15) is 0 Å². The van der Waals surface area contributed by atoms with E-state index < -0.39 is 10.8 Å². The predicted molar refractivity (Wildman–Crippen MR) is 76.8 cm³/mol. The van der Waals surface area contributed by atoms with E-state index in [2.05, 4.69) is 10.3 Å². The maximum Gasteiger partial charge on any atom is 0.312 e. The number of nitrogens with zero attached hydrogens (tertiary/aromatic N) is 2. The molecule has 2 aromatic rings. The van der Waals surface area contributed by atoms with E-state index in [4.69, 9.17) is 16.3 Å².